The molecule has 31 heavy (non-hydrogen) atoms. The van der Waals surface area contributed by atoms with Gasteiger partial charge < -0.3 is 14.2 Å². The molecule has 1 aromatic carbocycles. The minimum atomic E-state index is -0.234. The van der Waals surface area contributed by atoms with E-state index in [1.807, 2.05) is 15.9 Å². The second-order valence-corrected chi connectivity index (χ2v) is 7.86. The number of piperazine rings is 1. The molecule has 0 N–H and O–H groups in total. The number of amides is 1. The van der Waals surface area contributed by atoms with Crippen LogP contribution in [0.15, 0.2) is 28.7 Å². The van der Waals surface area contributed by atoms with Crippen LogP contribution in [0.25, 0.3) is 11.3 Å². The molecule has 3 heterocycles. The molecule has 0 radical (unpaired) electrons. The lowest BCUT2D eigenvalue weighted by atomic mass is 10.1. The maximum atomic E-state index is 13.6. The van der Waals surface area contributed by atoms with Gasteiger partial charge in [0, 0.05) is 44.4 Å². The molecule has 0 spiro atoms. The van der Waals surface area contributed by atoms with Crippen LogP contribution in [-0.2, 0) is 17.8 Å². The number of halogens is 1. The second-order valence-electron chi connectivity index (χ2n) is 7.86. The van der Waals surface area contributed by atoms with Crippen LogP contribution in [0.5, 0.6) is 0 Å². The summed E-state index contributed by atoms with van der Waals surface area (Å²) in [5.74, 6) is 0.327. The number of benzene rings is 1. The highest BCUT2D eigenvalue weighted by Gasteiger charge is 2.25. The van der Waals surface area contributed by atoms with Crippen LogP contribution in [0, 0.1) is 19.7 Å². The molecule has 3 aromatic rings. The van der Waals surface area contributed by atoms with Crippen LogP contribution in [-0.4, -0.2) is 57.0 Å². The Hall–Kier alpha value is -3.23. The molecule has 9 heteroatoms. The fourth-order valence-electron chi connectivity index (χ4n) is 3.78. The zero-order valence-electron chi connectivity index (χ0n) is 18.1. The molecule has 0 atom stereocenters. The lowest BCUT2D eigenvalue weighted by molar-refractivity contribution is -0.132. The highest BCUT2D eigenvalue weighted by Crippen LogP contribution is 2.23. The molecular formula is C22H27FN6O2. The molecule has 164 valence electrons. The van der Waals surface area contributed by atoms with E-state index in [1.165, 1.54) is 6.07 Å². The van der Waals surface area contributed by atoms with Crippen molar-refractivity contribution in [3.05, 3.63) is 47.2 Å². The third-order valence-electron chi connectivity index (χ3n) is 5.53. The SMILES string of the molecule is CCCc1cc(-c2ccc(F)c(C)c2)nn1CC(=O)N1CCN(c2nnc(C)o2)CC1. The van der Waals surface area contributed by atoms with Gasteiger partial charge in [0.25, 0.3) is 0 Å². The topological polar surface area (TPSA) is 80.3 Å². The second kappa shape index (κ2) is 8.87. The first-order valence-electron chi connectivity index (χ1n) is 10.6. The van der Waals surface area contributed by atoms with E-state index in [0.717, 1.165) is 29.8 Å². The maximum absolute atomic E-state index is 13.6. The summed E-state index contributed by atoms with van der Waals surface area (Å²) in [6.45, 7) is 8.26. The molecule has 0 aliphatic carbocycles. The van der Waals surface area contributed by atoms with Gasteiger partial charge in [0.1, 0.15) is 12.4 Å². The van der Waals surface area contributed by atoms with Gasteiger partial charge in [-0.2, -0.15) is 5.10 Å². The molecule has 1 saturated heterocycles. The van der Waals surface area contributed by atoms with Gasteiger partial charge in [-0.3, -0.25) is 9.48 Å². The predicted molar refractivity (Wildman–Crippen MR) is 114 cm³/mol. The Kier molecular flexibility index (Phi) is 6.01. The monoisotopic (exact) mass is 426 g/mol. The Balaban J connectivity index is 1.45. The molecule has 1 fully saturated rings. The fourth-order valence-corrected chi connectivity index (χ4v) is 3.78. The molecule has 0 bridgehead atoms. The molecule has 0 unspecified atom stereocenters. The van der Waals surface area contributed by atoms with Crippen LogP contribution >= 0.6 is 0 Å². The van der Waals surface area contributed by atoms with Crippen molar-refractivity contribution < 1.29 is 13.6 Å². The smallest absolute Gasteiger partial charge is 0.318 e. The average Bonchev–Trinajstić information content (AvgIpc) is 3.37. The van der Waals surface area contributed by atoms with Gasteiger partial charge in [0.05, 0.1) is 5.69 Å². The van der Waals surface area contributed by atoms with Crippen molar-refractivity contribution in [3.8, 4) is 11.3 Å². The predicted octanol–water partition coefficient (Wildman–Crippen LogP) is 2.99. The quantitative estimate of drug-likeness (QED) is 0.603. The average molecular weight is 426 g/mol. The van der Waals surface area contributed by atoms with E-state index in [0.29, 0.717) is 43.6 Å². The zero-order valence-corrected chi connectivity index (χ0v) is 18.1. The minimum absolute atomic E-state index is 0.0312. The summed E-state index contributed by atoms with van der Waals surface area (Å²) in [6, 6.07) is 7.47. The van der Waals surface area contributed by atoms with Crippen LogP contribution in [0.1, 0.15) is 30.5 Å². The number of anilines is 1. The van der Waals surface area contributed by atoms with Gasteiger partial charge in [-0.15, -0.1) is 5.10 Å². The Morgan fingerprint density at radius 1 is 1.13 bits per heavy atom. The molecule has 8 nitrogen and oxygen atoms in total. The fraction of sp³-hybridized carbons (Fsp3) is 0.455. The summed E-state index contributed by atoms with van der Waals surface area (Å²) in [6.07, 6.45) is 1.77. The van der Waals surface area contributed by atoms with Gasteiger partial charge in [0.2, 0.25) is 11.8 Å². The normalized spacial score (nSPS) is 14.3. The number of aromatic nitrogens is 4. The number of hydrogen-bond acceptors (Lipinski definition) is 6. The summed E-state index contributed by atoms with van der Waals surface area (Å²) in [5.41, 5.74) is 3.20. The maximum Gasteiger partial charge on any atom is 0.318 e. The number of rotatable bonds is 6. The van der Waals surface area contributed by atoms with Crippen molar-refractivity contribution in [2.75, 3.05) is 31.1 Å². The molecule has 4 rings (SSSR count). The van der Waals surface area contributed by atoms with Crippen molar-refractivity contribution in [2.45, 2.75) is 40.2 Å². The summed E-state index contributed by atoms with van der Waals surface area (Å²) < 4.78 is 20.9. The first-order valence-corrected chi connectivity index (χ1v) is 10.6. The third kappa shape index (κ3) is 4.60. The van der Waals surface area contributed by atoms with Crippen molar-refractivity contribution >= 4 is 11.9 Å². The molecule has 1 aliphatic rings. The van der Waals surface area contributed by atoms with Crippen LogP contribution in [0.2, 0.25) is 0 Å². The Morgan fingerprint density at radius 3 is 2.55 bits per heavy atom. The highest BCUT2D eigenvalue weighted by molar-refractivity contribution is 5.76. The summed E-state index contributed by atoms with van der Waals surface area (Å²) in [4.78, 5) is 16.8. The molecular weight excluding hydrogens is 399 g/mol. The van der Waals surface area contributed by atoms with E-state index < -0.39 is 0 Å². The first-order chi connectivity index (χ1) is 14.9. The van der Waals surface area contributed by atoms with Crippen LogP contribution in [0.3, 0.4) is 0 Å². The molecule has 1 amide bonds. The molecule has 0 saturated carbocycles. The Labute approximate surface area is 180 Å². The Morgan fingerprint density at radius 2 is 1.90 bits per heavy atom. The van der Waals surface area contributed by atoms with Crippen molar-refractivity contribution in [1.82, 2.24) is 24.9 Å². The lowest BCUT2D eigenvalue weighted by Gasteiger charge is -2.33. The summed E-state index contributed by atoms with van der Waals surface area (Å²) >= 11 is 0. The number of hydrogen-bond donors (Lipinski definition) is 0. The highest BCUT2D eigenvalue weighted by atomic mass is 19.1. The van der Waals surface area contributed by atoms with Gasteiger partial charge in [-0.25, -0.2) is 4.39 Å². The van der Waals surface area contributed by atoms with Crippen molar-refractivity contribution in [2.24, 2.45) is 0 Å². The van der Waals surface area contributed by atoms with Crippen molar-refractivity contribution in [1.29, 1.82) is 0 Å². The van der Waals surface area contributed by atoms with Gasteiger partial charge in [-0.1, -0.05) is 18.4 Å². The first kappa shape index (κ1) is 21.0. The van der Waals surface area contributed by atoms with Gasteiger partial charge in [0.15, 0.2) is 0 Å². The third-order valence-corrected chi connectivity index (χ3v) is 5.53. The minimum Gasteiger partial charge on any atom is -0.408 e. The number of carbonyl (C=O) groups is 1. The van der Waals surface area contributed by atoms with Gasteiger partial charge in [-0.05, 0) is 43.2 Å². The van der Waals surface area contributed by atoms with E-state index in [9.17, 15) is 9.18 Å². The van der Waals surface area contributed by atoms with Gasteiger partial charge >= 0.3 is 6.01 Å². The van der Waals surface area contributed by atoms with Crippen LogP contribution < -0.4 is 4.90 Å². The summed E-state index contributed by atoms with van der Waals surface area (Å²) in [5, 5.41) is 12.6. The molecule has 1 aliphatic heterocycles. The number of aryl methyl sites for hydroxylation is 3. The molecule has 2 aromatic heterocycles. The summed E-state index contributed by atoms with van der Waals surface area (Å²) in [7, 11) is 0. The van der Waals surface area contributed by atoms with Crippen LogP contribution in [0.4, 0.5) is 10.4 Å². The largest absolute Gasteiger partial charge is 0.408 e. The van der Waals surface area contributed by atoms with E-state index in [1.54, 1.807) is 30.7 Å². The van der Waals surface area contributed by atoms with Crippen molar-refractivity contribution in [3.63, 3.8) is 0 Å². The standard InChI is InChI=1S/C22H27FN6O2/c1-4-5-18-13-20(17-6-7-19(23)15(2)12-17)26-29(18)14-21(30)27-8-10-28(11-9-27)22-25-24-16(3)31-22/h6-7,12-13H,4-5,8-11,14H2,1-3H3. The number of carbonyl (C=O) groups excluding carboxylic acids is 1. The van der Waals surface area contributed by atoms with E-state index in [-0.39, 0.29) is 18.3 Å². The lowest BCUT2D eigenvalue weighted by Crippen LogP contribution is -2.49. The number of nitrogens with zero attached hydrogens (tertiary/aromatic N) is 6. The zero-order chi connectivity index (χ0) is 22.0. The van der Waals surface area contributed by atoms with E-state index >= 15 is 0 Å². The Bertz CT molecular complexity index is 1070. The van der Waals surface area contributed by atoms with E-state index in [4.69, 9.17) is 4.42 Å². The van der Waals surface area contributed by atoms with E-state index in [2.05, 4.69) is 22.2 Å².